The van der Waals surface area contributed by atoms with Crippen molar-refractivity contribution in [1.82, 2.24) is 0 Å². The minimum atomic E-state index is -5.01. The Balaban J connectivity index is 1.60. The lowest BCUT2D eigenvalue weighted by atomic mass is 10.0. The van der Waals surface area contributed by atoms with Gasteiger partial charge in [-0.25, -0.2) is 0 Å². The van der Waals surface area contributed by atoms with Crippen LogP contribution >= 0.6 is 0 Å². The van der Waals surface area contributed by atoms with Gasteiger partial charge in [0.15, 0.2) is 0 Å². The highest BCUT2D eigenvalue weighted by Gasteiger charge is 2.09. The molecule has 3 rings (SSSR count). The molecule has 0 aliphatic rings. The average Bonchev–Trinajstić information content (AvgIpc) is 2.61. The lowest BCUT2D eigenvalue weighted by molar-refractivity contribution is 0.306. The number of benzene rings is 3. The Morgan fingerprint density at radius 1 is 0.720 bits per heavy atom. The molecule has 0 bridgehead atoms. The second-order valence-electron chi connectivity index (χ2n) is 5.30. The SMILES string of the molecule is O=S(=O)(F)Oc1ccc(OCc2ccc(-c3ccccc3)cc2)cc1. The van der Waals surface area contributed by atoms with Crippen LogP contribution in [0.15, 0.2) is 78.9 Å². The molecular weight excluding hydrogens is 343 g/mol. The van der Waals surface area contributed by atoms with Crippen LogP contribution in [-0.2, 0) is 17.1 Å². The summed E-state index contributed by atoms with van der Waals surface area (Å²) in [6, 6.07) is 23.7. The summed E-state index contributed by atoms with van der Waals surface area (Å²) in [4.78, 5) is 0. The fourth-order valence-corrected chi connectivity index (χ4v) is 2.64. The van der Waals surface area contributed by atoms with Crippen LogP contribution in [0, 0.1) is 0 Å². The van der Waals surface area contributed by atoms with Gasteiger partial charge < -0.3 is 8.92 Å². The van der Waals surface area contributed by atoms with Gasteiger partial charge in [-0.3, -0.25) is 0 Å². The van der Waals surface area contributed by atoms with E-state index in [1.165, 1.54) is 24.3 Å². The first-order valence-electron chi connectivity index (χ1n) is 7.51. The van der Waals surface area contributed by atoms with E-state index in [-0.39, 0.29) is 5.75 Å². The van der Waals surface area contributed by atoms with E-state index in [0.717, 1.165) is 16.7 Å². The van der Waals surface area contributed by atoms with Crippen LogP contribution in [0.5, 0.6) is 11.5 Å². The zero-order valence-electron chi connectivity index (χ0n) is 13.1. The Kier molecular flexibility index (Phi) is 5.00. The second kappa shape index (κ2) is 7.36. The summed E-state index contributed by atoms with van der Waals surface area (Å²) in [6.07, 6.45) is 0. The first-order valence-corrected chi connectivity index (χ1v) is 8.82. The third kappa shape index (κ3) is 5.06. The molecule has 0 fully saturated rings. The standard InChI is InChI=1S/C19H15FO4S/c20-25(21,22)24-19-12-10-18(11-13-19)23-14-15-6-8-17(9-7-15)16-4-2-1-3-5-16/h1-13H,14H2. The fraction of sp³-hybridized carbons (Fsp3) is 0.0526. The van der Waals surface area contributed by atoms with E-state index in [1.54, 1.807) is 0 Å². The molecule has 4 nitrogen and oxygen atoms in total. The Morgan fingerprint density at radius 3 is 1.88 bits per heavy atom. The maximum Gasteiger partial charge on any atom is 0.488 e. The molecule has 0 saturated carbocycles. The molecule has 0 unspecified atom stereocenters. The van der Waals surface area contributed by atoms with Crippen LogP contribution in [0.3, 0.4) is 0 Å². The molecule has 0 saturated heterocycles. The quantitative estimate of drug-likeness (QED) is 0.608. The molecular formula is C19H15FO4S. The molecule has 3 aromatic carbocycles. The van der Waals surface area contributed by atoms with Crippen LogP contribution in [0.1, 0.15) is 5.56 Å². The zero-order valence-corrected chi connectivity index (χ0v) is 13.9. The van der Waals surface area contributed by atoms with Crippen LogP contribution in [0.4, 0.5) is 3.89 Å². The topological polar surface area (TPSA) is 52.6 Å². The summed E-state index contributed by atoms with van der Waals surface area (Å²) < 4.78 is 43.0. The van der Waals surface area contributed by atoms with Gasteiger partial charge in [-0.15, -0.1) is 0 Å². The fourth-order valence-electron chi connectivity index (χ4n) is 2.30. The number of ether oxygens (including phenoxy) is 1. The van der Waals surface area contributed by atoms with Crippen molar-refractivity contribution >= 4 is 10.5 Å². The Hall–Kier alpha value is -2.86. The van der Waals surface area contributed by atoms with Gasteiger partial charge in [0.2, 0.25) is 0 Å². The van der Waals surface area contributed by atoms with Gasteiger partial charge in [0, 0.05) is 0 Å². The highest BCUT2D eigenvalue weighted by molar-refractivity contribution is 7.81. The highest BCUT2D eigenvalue weighted by atomic mass is 32.3. The molecule has 0 aliphatic heterocycles. The third-order valence-corrected chi connectivity index (χ3v) is 3.88. The molecule has 0 heterocycles. The molecule has 0 spiro atoms. The first kappa shape index (κ1) is 17.0. The lowest BCUT2D eigenvalue weighted by Gasteiger charge is -2.08. The van der Waals surface area contributed by atoms with Gasteiger partial charge in [-0.05, 0) is 41.0 Å². The monoisotopic (exact) mass is 358 g/mol. The minimum absolute atomic E-state index is 0.109. The van der Waals surface area contributed by atoms with Gasteiger partial charge in [0.1, 0.15) is 18.1 Å². The van der Waals surface area contributed by atoms with E-state index in [1.807, 2.05) is 54.6 Å². The van der Waals surface area contributed by atoms with E-state index >= 15 is 0 Å². The molecule has 0 N–H and O–H groups in total. The Morgan fingerprint density at radius 2 is 1.28 bits per heavy atom. The van der Waals surface area contributed by atoms with Gasteiger partial charge in [-0.1, -0.05) is 58.5 Å². The van der Waals surface area contributed by atoms with E-state index in [9.17, 15) is 12.3 Å². The number of halogens is 1. The molecule has 0 aliphatic carbocycles. The van der Waals surface area contributed by atoms with Crippen molar-refractivity contribution in [3.05, 3.63) is 84.4 Å². The maximum absolute atomic E-state index is 12.4. The van der Waals surface area contributed by atoms with Crippen molar-refractivity contribution < 1.29 is 21.2 Å². The molecule has 0 aromatic heterocycles. The normalized spacial score (nSPS) is 11.1. The van der Waals surface area contributed by atoms with Crippen molar-refractivity contribution in [3.8, 4) is 22.6 Å². The summed E-state index contributed by atoms with van der Waals surface area (Å²) >= 11 is 0. The van der Waals surface area contributed by atoms with E-state index in [4.69, 9.17) is 4.74 Å². The predicted octanol–water partition coefficient (Wildman–Crippen LogP) is 4.53. The van der Waals surface area contributed by atoms with Crippen molar-refractivity contribution in [1.29, 1.82) is 0 Å². The van der Waals surface area contributed by atoms with Crippen LogP contribution in [-0.4, -0.2) is 8.42 Å². The van der Waals surface area contributed by atoms with Crippen LogP contribution in [0.2, 0.25) is 0 Å². The Labute approximate surface area is 145 Å². The van der Waals surface area contributed by atoms with Gasteiger partial charge in [0.05, 0.1) is 0 Å². The largest absolute Gasteiger partial charge is 0.489 e. The zero-order chi connectivity index (χ0) is 17.7. The number of hydrogen-bond acceptors (Lipinski definition) is 4. The summed E-state index contributed by atoms with van der Waals surface area (Å²) in [6.45, 7) is 0.358. The van der Waals surface area contributed by atoms with E-state index < -0.39 is 10.5 Å². The summed E-state index contributed by atoms with van der Waals surface area (Å²) in [5.74, 6) is 0.415. The molecule has 0 radical (unpaired) electrons. The smallest absolute Gasteiger partial charge is 0.488 e. The predicted molar refractivity (Wildman–Crippen MR) is 93.3 cm³/mol. The molecule has 0 atom stereocenters. The number of hydrogen-bond donors (Lipinski definition) is 0. The number of rotatable bonds is 6. The van der Waals surface area contributed by atoms with Gasteiger partial charge in [-0.2, -0.15) is 8.42 Å². The first-order chi connectivity index (χ1) is 12.0. The molecule has 6 heteroatoms. The molecule has 128 valence electrons. The highest BCUT2D eigenvalue weighted by Crippen LogP contribution is 2.22. The van der Waals surface area contributed by atoms with E-state index in [2.05, 4.69) is 4.18 Å². The van der Waals surface area contributed by atoms with Crippen molar-refractivity contribution in [2.75, 3.05) is 0 Å². The van der Waals surface area contributed by atoms with Gasteiger partial charge in [0.25, 0.3) is 0 Å². The van der Waals surface area contributed by atoms with Crippen molar-refractivity contribution in [2.24, 2.45) is 0 Å². The average molecular weight is 358 g/mol. The second-order valence-corrected chi connectivity index (χ2v) is 6.25. The summed E-state index contributed by atoms with van der Waals surface area (Å²) in [7, 11) is -5.01. The Bertz CT molecular complexity index is 921. The van der Waals surface area contributed by atoms with Crippen molar-refractivity contribution in [3.63, 3.8) is 0 Å². The van der Waals surface area contributed by atoms with Crippen molar-refractivity contribution in [2.45, 2.75) is 6.61 Å². The minimum Gasteiger partial charge on any atom is -0.489 e. The third-order valence-electron chi connectivity index (χ3n) is 3.49. The van der Waals surface area contributed by atoms with Gasteiger partial charge >= 0.3 is 10.5 Å². The molecule has 3 aromatic rings. The van der Waals surface area contributed by atoms with E-state index in [0.29, 0.717) is 12.4 Å². The maximum atomic E-state index is 12.4. The van der Waals surface area contributed by atoms with Crippen LogP contribution < -0.4 is 8.92 Å². The summed E-state index contributed by atoms with van der Waals surface area (Å²) in [5, 5.41) is 0. The molecule has 0 amide bonds. The van der Waals surface area contributed by atoms with Crippen LogP contribution in [0.25, 0.3) is 11.1 Å². The lowest BCUT2D eigenvalue weighted by Crippen LogP contribution is -2.01. The molecule has 25 heavy (non-hydrogen) atoms. The summed E-state index contributed by atoms with van der Waals surface area (Å²) in [5.41, 5.74) is 3.26.